The van der Waals surface area contributed by atoms with Crippen molar-refractivity contribution in [2.24, 2.45) is 5.84 Å². The quantitative estimate of drug-likeness (QED) is 0.673. The van der Waals surface area contributed by atoms with Crippen molar-refractivity contribution in [3.05, 3.63) is 40.0 Å². The molecule has 3 N–H and O–H groups in total. The average Bonchev–Trinajstić information content (AvgIpc) is 2.33. The summed E-state index contributed by atoms with van der Waals surface area (Å²) in [5.74, 6) is 6.48. The van der Waals surface area contributed by atoms with Gasteiger partial charge in [-0.25, -0.2) is 10.8 Å². The Balaban J connectivity index is 2.25. The minimum atomic E-state index is 0.285. The third kappa shape index (κ3) is 3.06. The van der Waals surface area contributed by atoms with Crippen molar-refractivity contribution >= 4 is 33.5 Å². The van der Waals surface area contributed by atoms with Crippen LogP contribution in [0.15, 0.2) is 34.9 Å². The molecule has 2 aromatic rings. The van der Waals surface area contributed by atoms with E-state index in [1.807, 2.05) is 0 Å². The number of benzene rings is 1. The molecule has 0 spiro atoms. The molecule has 0 aliphatic heterocycles. The zero-order chi connectivity index (χ0) is 12.3. The van der Waals surface area contributed by atoms with Crippen LogP contribution in [-0.2, 0) is 0 Å². The first-order valence-electron chi connectivity index (χ1n) is 4.61. The van der Waals surface area contributed by atoms with Crippen molar-refractivity contribution in [3.63, 3.8) is 0 Å². The molecule has 7 heteroatoms. The molecule has 0 saturated heterocycles. The number of hydrogen-bond acceptors (Lipinski definition) is 5. The Labute approximate surface area is 111 Å². The van der Waals surface area contributed by atoms with E-state index in [9.17, 15) is 0 Å². The number of hydrogen-bond donors (Lipinski definition) is 2. The predicted octanol–water partition coefficient (Wildman–Crippen LogP) is 2.97. The molecule has 0 bridgehead atoms. The lowest BCUT2D eigenvalue weighted by molar-refractivity contribution is 0.459. The molecule has 1 aromatic carbocycles. The minimum Gasteiger partial charge on any atom is -0.438 e. The highest BCUT2D eigenvalue weighted by atomic mass is 79.9. The van der Waals surface area contributed by atoms with Gasteiger partial charge in [-0.05, 0) is 34.1 Å². The van der Waals surface area contributed by atoms with E-state index in [1.54, 1.807) is 30.5 Å². The Bertz CT molecular complexity index is 537. The zero-order valence-corrected chi connectivity index (χ0v) is 10.9. The smallest absolute Gasteiger partial charge is 0.240 e. The maximum atomic E-state index is 5.83. The fourth-order valence-electron chi connectivity index (χ4n) is 1.14. The first kappa shape index (κ1) is 12.1. The van der Waals surface area contributed by atoms with Crippen LogP contribution in [0.3, 0.4) is 0 Å². The molecule has 0 saturated carbocycles. The molecule has 0 atom stereocenters. The topological polar surface area (TPSA) is 73.1 Å². The van der Waals surface area contributed by atoms with Gasteiger partial charge in [0.1, 0.15) is 5.75 Å². The molecule has 0 radical (unpaired) electrons. The molecule has 17 heavy (non-hydrogen) atoms. The van der Waals surface area contributed by atoms with Gasteiger partial charge in [-0.15, -0.1) is 0 Å². The molecule has 0 aliphatic carbocycles. The van der Waals surface area contributed by atoms with Crippen LogP contribution in [0.1, 0.15) is 0 Å². The SMILES string of the molecule is NNc1nccc(Oc2ccc(Cl)cc2Br)n1. The second-order valence-corrected chi connectivity index (χ2v) is 4.33. The summed E-state index contributed by atoms with van der Waals surface area (Å²) < 4.78 is 6.30. The summed E-state index contributed by atoms with van der Waals surface area (Å²) in [4.78, 5) is 7.90. The summed E-state index contributed by atoms with van der Waals surface area (Å²) in [6, 6.07) is 6.83. The van der Waals surface area contributed by atoms with Crippen LogP contribution in [0.2, 0.25) is 5.02 Å². The van der Waals surface area contributed by atoms with Gasteiger partial charge in [0, 0.05) is 17.3 Å². The molecule has 1 heterocycles. The zero-order valence-electron chi connectivity index (χ0n) is 8.52. The second-order valence-electron chi connectivity index (χ2n) is 3.04. The van der Waals surface area contributed by atoms with E-state index in [-0.39, 0.29) is 5.95 Å². The fourth-order valence-corrected chi connectivity index (χ4v) is 1.90. The number of nitrogens with zero attached hydrogens (tertiary/aromatic N) is 2. The summed E-state index contributed by atoms with van der Waals surface area (Å²) in [5, 5.41) is 0.622. The monoisotopic (exact) mass is 314 g/mol. The van der Waals surface area contributed by atoms with Gasteiger partial charge in [-0.1, -0.05) is 11.6 Å². The second kappa shape index (κ2) is 5.31. The first-order chi connectivity index (χ1) is 8.19. The van der Waals surface area contributed by atoms with E-state index in [0.717, 1.165) is 4.47 Å². The van der Waals surface area contributed by atoms with E-state index in [0.29, 0.717) is 16.7 Å². The lowest BCUT2D eigenvalue weighted by atomic mass is 10.3. The Morgan fingerprint density at radius 3 is 2.88 bits per heavy atom. The lowest BCUT2D eigenvalue weighted by Gasteiger charge is -2.07. The van der Waals surface area contributed by atoms with Gasteiger partial charge in [0.05, 0.1) is 4.47 Å². The van der Waals surface area contributed by atoms with Crippen LogP contribution in [0.25, 0.3) is 0 Å². The van der Waals surface area contributed by atoms with Gasteiger partial charge in [0.25, 0.3) is 0 Å². The van der Waals surface area contributed by atoms with Gasteiger partial charge >= 0.3 is 0 Å². The summed E-state index contributed by atoms with van der Waals surface area (Å²) >= 11 is 9.18. The van der Waals surface area contributed by atoms with Gasteiger partial charge in [0.15, 0.2) is 0 Å². The maximum absolute atomic E-state index is 5.83. The molecular formula is C10H8BrClN4O. The highest BCUT2D eigenvalue weighted by Crippen LogP contribution is 2.31. The molecule has 0 fully saturated rings. The molecule has 1 aromatic heterocycles. The Morgan fingerprint density at radius 1 is 1.35 bits per heavy atom. The standard InChI is InChI=1S/C10H8BrClN4O/c11-7-5-6(12)1-2-8(7)17-9-3-4-14-10(15-9)16-13/h1-5H,13H2,(H,14,15,16). The summed E-state index contributed by atoms with van der Waals surface area (Å²) in [6.45, 7) is 0. The molecule has 88 valence electrons. The molecule has 2 rings (SSSR count). The minimum absolute atomic E-state index is 0.285. The number of nitrogens with two attached hydrogens (primary N) is 1. The van der Waals surface area contributed by atoms with Crippen molar-refractivity contribution in [1.29, 1.82) is 0 Å². The number of anilines is 1. The van der Waals surface area contributed by atoms with Crippen LogP contribution in [-0.4, -0.2) is 9.97 Å². The number of nitrogens with one attached hydrogen (secondary N) is 1. The van der Waals surface area contributed by atoms with Gasteiger partial charge < -0.3 is 4.74 Å². The number of aromatic nitrogens is 2. The number of hydrazine groups is 1. The summed E-state index contributed by atoms with van der Waals surface area (Å²) in [7, 11) is 0. The Morgan fingerprint density at radius 2 is 2.18 bits per heavy atom. The number of halogens is 2. The number of ether oxygens (including phenoxy) is 1. The molecule has 5 nitrogen and oxygen atoms in total. The van der Waals surface area contributed by atoms with Crippen LogP contribution in [0, 0.1) is 0 Å². The van der Waals surface area contributed by atoms with E-state index in [2.05, 4.69) is 31.3 Å². The van der Waals surface area contributed by atoms with E-state index in [1.165, 1.54) is 0 Å². The maximum Gasteiger partial charge on any atom is 0.240 e. The molecule has 0 unspecified atom stereocenters. The Hall–Kier alpha value is -1.37. The van der Waals surface area contributed by atoms with Crippen LogP contribution in [0.4, 0.5) is 5.95 Å². The van der Waals surface area contributed by atoms with Crippen molar-refractivity contribution in [2.75, 3.05) is 5.43 Å². The number of nitrogen functional groups attached to an aromatic ring is 1. The van der Waals surface area contributed by atoms with Crippen molar-refractivity contribution in [3.8, 4) is 11.6 Å². The van der Waals surface area contributed by atoms with Crippen LogP contribution >= 0.6 is 27.5 Å². The predicted molar refractivity (Wildman–Crippen MR) is 69.1 cm³/mol. The Kier molecular flexibility index (Phi) is 3.78. The molecule has 0 amide bonds. The van der Waals surface area contributed by atoms with Crippen molar-refractivity contribution in [2.45, 2.75) is 0 Å². The molecular weight excluding hydrogens is 307 g/mol. The van der Waals surface area contributed by atoms with E-state index >= 15 is 0 Å². The highest BCUT2D eigenvalue weighted by Gasteiger charge is 2.05. The highest BCUT2D eigenvalue weighted by molar-refractivity contribution is 9.10. The largest absolute Gasteiger partial charge is 0.438 e. The van der Waals surface area contributed by atoms with E-state index < -0.39 is 0 Å². The third-order valence-electron chi connectivity index (χ3n) is 1.87. The average molecular weight is 316 g/mol. The van der Waals surface area contributed by atoms with Crippen molar-refractivity contribution in [1.82, 2.24) is 9.97 Å². The van der Waals surface area contributed by atoms with Gasteiger partial charge in [-0.3, -0.25) is 5.43 Å². The van der Waals surface area contributed by atoms with E-state index in [4.69, 9.17) is 22.2 Å². The summed E-state index contributed by atoms with van der Waals surface area (Å²) in [5.41, 5.74) is 2.34. The van der Waals surface area contributed by atoms with Gasteiger partial charge in [0.2, 0.25) is 11.8 Å². The normalized spacial score (nSPS) is 10.1. The summed E-state index contributed by atoms with van der Waals surface area (Å²) in [6.07, 6.45) is 1.54. The van der Waals surface area contributed by atoms with Crippen LogP contribution < -0.4 is 16.0 Å². The van der Waals surface area contributed by atoms with Gasteiger partial charge in [-0.2, -0.15) is 4.98 Å². The fraction of sp³-hybridized carbons (Fsp3) is 0. The van der Waals surface area contributed by atoms with Crippen molar-refractivity contribution < 1.29 is 4.74 Å². The first-order valence-corrected chi connectivity index (χ1v) is 5.78. The number of rotatable bonds is 3. The third-order valence-corrected chi connectivity index (χ3v) is 2.72. The molecule has 0 aliphatic rings. The van der Waals surface area contributed by atoms with Crippen LogP contribution in [0.5, 0.6) is 11.6 Å². The lowest BCUT2D eigenvalue weighted by Crippen LogP contribution is -2.10.